The van der Waals surface area contributed by atoms with E-state index in [0.717, 1.165) is 12.8 Å². The summed E-state index contributed by atoms with van der Waals surface area (Å²) in [6.45, 7) is 7.27. The Kier molecular flexibility index (Phi) is 5.01. The van der Waals surface area contributed by atoms with Crippen LogP contribution in [0.5, 0.6) is 5.75 Å². The van der Waals surface area contributed by atoms with Crippen molar-refractivity contribution in [1.29, 1.82) is 0 Å². The van der Waals surface area contributed by atoms with Crippen molar-refractivity contribution >= 4 is 22.0 Å². The fourth-order valence-electron chi connectivity index (χ4n) is 3.19. The third kappa shape index (κ3) is 4.20. The topological polar surface area (TPSA) is 72.9 Å². The highest BCUT2D eigenvalue weighted by molar-refractivity contribution is 7.94. The maximum atomic E-state index is 12.2. The Morgan fingerprint density at radius 2 is 2.08 bits per heavy atom. The van der Waals surface area contributed by atoms with Gasteiger partial charge in [0.15, 0.2) is 0 Å². The highest BCUT2D eigenvalue weighted by Gasteiger charge is 2.29. The van der Waals surface area contributed by atoms with Gasteiger partial charge in [0, 0.05) is 30.0 Å². The number of hydrogen-bond acceptors (Lipinski definition) is 5. The molecule has 1 aromatic carbocycles. The van der Waals surface area contributed by atoms with Crippen molar-refractivity contribution in [1.82, 2.24) is 4.90 Å². The van der Waals surface area contributed by atoms with Gasteiger partial charge in [0.2, 0.25) is 9.84 Å². The van der Waals surface area contributed by atoms with Gasteiger partial charge in [-0.25, -0.2) is 13.2 Å². The number of amides is 1. The molecule has 1 fully saturated rings. The molecule has 3 rings (SSSR count). The number of carbonyl (C=O) groups is 1. The average Bonchev–Trinajstić information content (AvgIpc) is 2.88. The van der Waals surface area contributed by atoms with Crippen molar-refractivity contribution in [3.63, 3.8) is 0 Å². The quantitative estimate of drug-likeness (QED) is 0.804. The molecule has 1 unspecified atom stereocenters. The van der Waals surface area contributed by atoms with Gasteiger partial charge in [-0.2, -0.15) is 0 Å². The van der Waals surface area contributed by atoms with Crippen molar-refractivity contribution in [2.24, 2.45) is 5.92 Å². The number of ether oxygens (including phenoxy) is 2. The minimum Gasteiger partial charge on any atom is -0.493 e. The Morgan fingerprint density at radius 1 is 1.31 bits per heavy atom. The molecule has 0 N–H and O–H groups in total. The Hall–Kier alpha value is -2.02. The van der Waals surface area contributed by atoms with Crippen LogP contribution in [0.3, 0.4) is 0 Å². The summed E-state index contributed by atoms with van der Waals surface area (Å²) in [5.74, 6) is 0.753. The summed E-state index contributed by atoms with van der Waals surface area (Å²) in [5, 5.41) is 1.20. The Morgan fingerprint density at radius 3 is 2.81 bits per heavy atom. The predicted octanol–water partition coefficient (Wildman–Crippen LogP) is 3.47. The first kappa shape index (κ1) is 18.8. The fourth-order valence-corrected chi connectivity index (χ4v) is 4.40. The molecule has 0 saturated carbocycles. The van der Waals surface area contributed by atoms with Crippen LogP contribution in [-0.4, -0.2) is 44.7 Å². The van der Waals surface area contributed by atoms with Gasteiger partial charge in [0.05, 0.1) is 11.5 Å². The Labute approximate surface area is 154 Å². The third-order valence-electron chi connectivity index (χ3n) is 4.39. The molecule has 1 saturated heterocycles. The predicted molar refractivity (Wildman–Crippen MR) is 98.7 cm³/mol. The monoisotopic (exact) mass is 379 g/mol. The lowest BCUT2D eigenvalue weighted by Gasteiger charge is -2.34. The van der Waals surface area contributed by atoms with Crippen LogP contribution < -0.4 is 4.74 Å². The zero-order chi connectivity index (χ0) is 18.9. The fraction of sp³-hybridized carbons (Fsp3) is 0.526. The molecule has 7 heteroatoms. The van der Waals surface area contributed by atoms with Gasteiger partial charge in [-0.1, -0.05) is 6.07 Å². The standard InChI is InChI=1S/C19H25NO5S/c1-19(2,3)25-18(21)20-10-5-6-14(12-20)13-24-16-7-4-8-17-15(16)9-11-26(17,22)23/h4,7-9,11,14H,5-6,10,12-13H2,1-3H3. The lowest BCUT2D eigenvalue weighted by Crippen LogP contribution is -2.44. The zero-order valence-electron chi connectivity index (χ0n) is 15.4. The minimum atomic E-state index is -3.34. The molecule has 2 aliphatic rings. The summed E-state index contributed by atoms with van der Waals surface area (Å²) < 4.78 is 35.2. The summed E-state index contributed by atoms with van der Waals surface area (Å²) in [4.78, 5) is 14.3. The molecule has 0 spiro atoms. The van der Waals surface area contributed by atoms with Crippen LogP contribution in [0, 0.1) is 5.92 Å². The molecule has 6 nitrogen and oxygen atoms in total. The molecular formula is C19H25NO5S. The van der Waals surface area contributed by atoms with Crippen molar-refractivity contribution in [3.05, 3.63) is 29.2 Å². The van der Waals surface area contributed by atoms with E-state index in [2.05, 4.69) is 0 Å². The molecule has 2 aliphatic heterocycles. The first-order valence-electron chi connectivity index (χ1n) is 8.83. The van der Waals surface area contributed by atoms with Gasteiger partial charge in [0.1, 0.15) is 11.4 Å². The van der Waals surface area contributed by atoms with Crippen LogP contribution in [0.2, 0.25) is 0 Å². The normalized spacial score (nSPS) is 21.3. The number of hydrogen-bond donors (Lipinski definition) is 0. The van der Waals surface area contributed by atoms with E-state index in [9.17, 15) is 13.2 Å². The second-order valence-corrected chi connectivity index (χ2v) is 9.56. The van der Waals surface area contributed by atoms with Crippen LogP contribution in [0.1, 0.15) is 39.2 Å². The Balaban J connectivity index is 1.62. The van der Waals surface area contributed by atoms with Crippen LogP contribution in [0.15, 0.2) is 28.5 Å². The second kappa shape index (κ2) is 6.95. The molecular weight excluding hydrogens is 354 g/mol. The molecule has 2 heterocycles. The maximum Gasteiger partial charge on any atom is 0.410 e. The van der Waals surface area contributed by atoms with Crippen LogP contribution in [0.4, 0.5) is 4.79 Å². The van der Waals surface area contributed by atoms with Gasteiger partial charge in [-0.05, 0) is 51.8 Å². The van der Waals surface area contributed by atoms with Crippen molar-refractivity contribution in [2.45, 2.75) is 44.1 Å². The maximum absolute atomic E-state index is 12.2. The van der Waals surface area contributed by atoms with E-state index in [1.54, 1.807) is 29.2 Å². The molecule has 142 valence electrons. The molecule has 0 aliphatic carbocycles. The highest BCUT2D eigenvalue weighted by Crippen LogP contribution is 2.34. The van der Waals surface area contributed by atoms with Gasteiger partial charge in [-0.3, -0.25) is 0 Å². The van der Waals surface area contributed by atoms with E-state index in [0.29, 0.717) is 31.0 Å². The summed E-state index contributed by atoms with van der Waals surface area (Å²) in [7, 11) is -3.34. The van der Waals surface area contributed by atoms with Gasteiger partial charge in [-0.15, -0.1) is 0 Å². The first-order chi connectivity index (χ1) is 12.2. The van der Waals surface area contributed by atoms with Gasteiger partial charge < -0.3 is 14.4 Å². The first-order valence-corrected chi connectivity index (χ1v) is 10.4. The summed E-state index contributed by atoms with van der Waals surface area (Å²) in [6.07, 6.45) is 3.14. The Bertz CT molecular complexity index is 823. The number of sulfone groups is 1. The number of fused-ring (bicyclic) bond motifs is 1. The van der Waals surface area contributed by atoms with Gasteiger partial charge >= 0.3 is 6.09 Å². The molecule has 1 aromatic rings. The number of rotatable bonds is 3. The summed E-state index contributed by atoms with van der Waals surface area (Å²) in [5.41, 5.74) is 0.0930. The number of likely N-dealkylation sites (tertiary alicyclic amines) is 1. The minimum absolute atomic E-state index is 0.189. The molecule has 1 amide bonds. The number of piperidine rings is 1. The van der Waals surface area contributed by atoms with Crippen molar-refractivity contribution < 1.29 is 22.7 Å². The van der Waals surface area contributed by atoms with Crippen LogP contribution >= 0.6 is 0 Å². The highest BCUT2D eigenvalue weighted by atomic mass is 32.2. The van der Waals surface area contributed by atoms with Crippen molar-refractivity contribution in [3.8, 4) is 5.75 Å². The number of benzene rings is 1. The molecule has 26 heavy (non-hydrogen) atoms. The van der Waals surface area contributed by atoms with E-state index >= 15 is 0 Å². The molecule has 0 radical (unpaired) electrons. The van der Waals surface area contributed by atoms with Crippen LogP contribution in [-0.2, 0) is 14.6 Å². The summed E-state index contributed by atoms with van der Waals surface area (Å²) >= 11 is 0. The zero-order valence-corrected chi connectivity index (χ0v) is 16.2. The third-order valence-corrected chi connectivity index (χ3v) is 5.86. The van der Waals surface area contributed by atoms with Crippen molar-refractivity contribution in [2.75, 3.05) is 19.7 Å². The SMILES string of the molecule is CC(C)(C)OC(=O)N1CCCC(COc2cccc3c2C=CS3(=O)=O)C1. The lowest BCUT2D eigenvalue weighted by molar-refractivity contribution is 0.0139. The average molecular weight is 379 g/mol. The van der Waals surface area contributed by atoms with E-state index in [1.807, 2.05) is 20.8 Å². The van der Waals surface area contributed by atoms with Crippen LogP contribution in [0.25, 0.3) is 6.08 Å². The van der Waals surface area contributed by atoms with E-state index in [-0.39, 0.29) is 16.9 Å². The molecule has 0 bridgehead atoms. The number of carbonyl (C=O) groups excluding carboxylic acids is 1. The van der Waals surface area contributed by atoms with E-state index in [1.165, 1.54) is 5.41 Å². The smallest absolute Gasteiger partial charge is 0.410 e. The van der Waals surface area contributed by atoms with E-state index in [4.69, 9.17) is 9.47 Å². The molecule has 1 atom stereocenters. The number of nitrogens with zero attached hydrogens (tertiary/aromatic N) is 1. The largest absolute Gasteiger partial charge is 0.493 e. The lowest BCUT2D eigenvalue weighted by atomic mass is 9.99. The van der Waals surface area contributed by atoms with Gasteiger partial charge in [0.25, 0.3) is 0 Å². The molecule has 0 aromatic heterocycles. The van der Waals surface area contributed by atoms with E-state index < -0.39 is 15.4 Å². The second-order valence-electron chi connectivity index (χ2n) is 7.76. The summed E-state index contributed by atoms with van der Waals surface area (Å²) in [6, 6.07) is 5.05.